The number of aromatic amines is 1. The van der Waals surface area contributed by atoms with Crippen molar-refractivity contribution < 1.29 is 19.1 Å². The highest BCUT2D eigenvalue weighted by molar-refractivity contribution is 6.74. The number of anilines is 1. The fourth-order valence-corrected chi connectivity index (χ4v) is 5.33. The molecule has 1 aliphatic rings. The van der Waals surface area contributed by atoms with Crippen LogP contribution in [0, 0.1) is 0 Å². The average molecular weight is 528 g/mol. The van der Waals surface area contributed by atoms with Crippen LogP contribution in [0.25, 0.3) is 10.9 Å². The number of aliphatic hydroxyl groups is 1. The number of carbonyl (C=O) groups is 2. The Kier molecular flexibility index (Phi) is 7.34. The molecule has 2 atom stereocenters. The van der Waals surface area contributed by atoms with Crippen LogP contribution in [0.2, 0.25) is 23.2 Å². The fraction of sp³-hybridized carbons (Fsp3) is 0.407. The van der Waals surface area contributed by atoms with E-state index in [-0.39, 0.29) is 30.0 Å². The number of para-hydroxylation sites is 1. The van der Waals surface area contributed by atoms with Gasteiger partial charge in [-0.2, -0.15) is 0 Å². The van der Waals surface area contributed by atoms with Crippen molar-refractivity contribution in [1.82, 2.24) is 10.3 Å². The van der Waals surface area contributed by atoms with E-state index in [0.29, 0.717) is 17.1 Å². The van der Waals surface area contributed by atoms with E-state index in [1.165, 1.54) is 0 Å². The predicted molar refractivity (Wildman–Crippen MR) is 146 cm³/mol. The fourth-order valence-electron chi connectivity index (χ4n) is 4.11. The molecule has 9 heteroatoms. The van der Waals surface area contributed by atoms with Gasteiger partial charge >= 0.3 is 0 Å². The lowest BCUT2D eigenvalue weighted by molar-refractivity contribution is -0.121. The van der Waals surface area contributed by atoms with Crippen molar-refractivity contribution in [2.75, 3.05) is 18.1 Å². The third-order valence-corrected chi connectivity index (χ3v) is 12.0. The number of carbonyl (C=O) groups excluding carboxylic acids is 2. The largest absolute Gasteiger partial charge is 0.414 e. The second-order valence-electron chi connectivity index (χ2n) is 10.9. The maximum atomic E-state index is 13.5. The van der Waals surface area contributed by atoms with Crippen molar-refractivity contribution in [3.05, 3.63) is 64.8 Å². The normalized spacial score (nSPS) is 17.2. The highest BCUT2D eigenvalue weighted by Gasteiger charge is 2.39. The molecule has 0 radical (unpaired) electrons. The molecule has 0 spiro atoms. The first-order chi connectivity index (χ1) is 16.9. The van der Waals surface area contributed by atoms with E-state index in [1.807, 2.05) is 30.3 Å². The van der Waals surface area contributed by atoms with Crippen LogP contribution in [-0.4, -0.2) is 55.5 Å². The van der Waals surface area contributed by atoms with Gasteiger partial charge in [-0.3, -0.25) is 9.59 Å². The summed E-state index contributed by atoms with van der Waals surface area (Å²) < 4.78 is 6.17. The SMILES string of the molecule is CC(C)(C)[Si](C)(C)OCC(O)CN1C(=O)C(NC(=O)c2cc3cc(Cl)ccc3[nH]2)Cc2ccccc21. The zero-order chi connectivity index (χ0) is 26.3. The van der Waals surface area contributed by atoms with Crippen molar-refractivity contribution in [3.8, 4) is 0 Å². The number of hydrogen-bond donors (Lipinski definition) is 3. The third kappa shape index (κ3) is 5.52. The Bertz CT molecular complexity index is 1280. The minimum atomic E-state index is -2.05. The zero-order valence-corrected chi connectivity index (χ0v) is 23.1. The van der Waals surface area contributed by atoms with Crippen LogP contribution >= 0.6 is 11.6 Å². The molecule has 192 valence electrons. The molecule has 4 rings (SSSR count). The van der Waals surface area contributed by atoms with E-state index in [9.17, 15) is 14.7 Å². The maximum absolute atomic E-state index is 13.5. The van der Waals surface area contributed by atoms with E-state index in [1.54, 1.807) is 23.1 Å². The number of hydrogen-bond acceptors (Lipinski definition) is 4. The molecule has 3 N–H and O–H groups in total. The van der Waals surface area contributed by atoms with Gasteiger partial charge in [0.1, 0.15) is 11.7 Å². The third-order valence-electron chi connectivity index (χ3n) is 7.24. The molecule has 1 aliphatic heterocycles. The van der Waals surface area contributed by atoms with Crippen LogP contribution in [-0.2, 0) is 15.6 Å². The van der Waals surface area contributed by atoms with Crippen LogP contribution in [0.1, 0.15) is 36.8 Å². The second-order valence-corrected chi connectivity index (χ2v) is 16.2. The van der Waals surface area contributed by atoms with Crippen molar-refractivity contribution in [2.24, 2.45) is 0 Å². The summed E-state index contributed by atoms with van der Waals surface area (Å²) in [6.45, 7) is 10.9. The number of benzene rings is 2. The van der Waals surface area contributed by atoms with Gasteiger partial charge in [-0.25, -0.2) is 0 Å². The van der Waals surface area contributed by atoms with Gasteiger partial charge in [0.05, 0.1) is 19.3 Å². The smallest absolute Gasteiger partial charge is 0.268 e. The second kappa shape index (κ2) is 10.0. The lowest BCUT2D eigenvalue weighted by atomic mass is 9.96. The number of nitrogens with zero attached hydrogens (tertiary/aromatic N) is 1. The average Bonchev–Trinajstić information content (AvgIpc) is 3.23. The molecule has 2 amide bonds. The number of β-amino-alcohol motifs (C(OH)–C–C–N with tert-alkyl or cyclic N) is 1. The molecule has 36 heavy (non-hydrogen) atoms. The number of H-pyrrole nitrogens is 1. The Hall–Kier alpha value is -2.65. The van der Waals surface area contributed by atoms with Gasteiger partial charge in [-0.05, 0) is 54.0 Å². The van der Waals surface area contributed by atoms with Gasteiger partial charge in [-0.1, -0.05) is 50.6 Å². The summed E-state index contributed by atoms with van der Waals surface area (Å²) in [5.41, 5.74) is 2.83. The molecule has 0 saturated carbocycles. The lowest BCUT2D eigenvalue weighted by Gasteiger charge is -2.38. The maximum Gasteiger partial charge on any atom is 0.268 e. The standard InChI is InChI=1S/C27H34ClN3O4Si/c1-27(2,3)36(4,5)35-16-20(32)15-31-24-9-7-6-8-17(24)13-23(26(31)34)30-25(33)22-14-18-12-19(28)10-11-21(18)29-22/h6-12,14,20,23,29,32H,13,15-16H2,1-5H3,(H,30,33). The van der Waals surface area contributed by atoms with Gasteiger partial charge < -0.3 is 24.7 Å². The Balaban J connectivity index is 1.50. The monoisotopic (exact) mass is 527 g/mol. The Morgan fingerprint density at radius 3 is 2.69 bits per heavy atom. The molecule has 3 aromatic rings. The highest BCUT2D eigenvalue weighted by Crippen LogP contribution is 2.36. The summed E-state index contributed by atoms with van der Waals surface area (Å²) in [7, 11) is -2.05. The van der Waals surface area contributed by atoms with Gasteiger partial charge in [0.2, 0.25) is 5.91 Å². The van der Waals surface area contributed by atoms with Gasteiger partial charge in [0.25, 0.3) is 5.91 Å². The Morgan fingerprint density at radius 1 is 1.25 bits per heavy atom. The number of halogens is 1. The Labute approximate surface area is 217 Å². The summed E-state index contributed by atoms with van der Waals surface area (Å²) in [6.07, 6.45) is -0.483. The van der Waals surface area contributed by atoms with Crippen LogP contribution in [0.3, 0.4) is 0 Å². The number of fused-ring (bicyclic) bond motifs is 2. The summed E-state index contributed by atoms with van der Waals surface area (Å²) in [5.74, 6) is -0.630. The minimum Gasteiger partial charge on any atom is -0.414 e. The molecular weight excluding hydrogens is 494 g/mol. The van der Waals surface area contributed by atoms with Crippen LogP contribution in [0.15, 0.2) is 48.5 Å². The van der Waals surface area contributed by atoms with Crippen molar-refractivity contribution >= 4 is 48.3 Å². The number of rotatable bonds is 7. The molecule has 0 aliphatic carbocycles. The summed E-state index contributed by atoms with van der Waals surface area (Å²) in [4.78, 5) is 31.2. The molecule has 0 fully saturated rings. The molecule has 7 nitrogen and oxygen atoms in total. The molecular formula is C27H34ClN3O4Si. The summed E-state index contributed by atoms with van der Waals surface area (Å²) >= 11 is 6.07. The van der Waals surface area contributed by atoms with Crippen molar-refractivity contribution in [3.63, 3.8) is 0 Å². The summed E-state index contributed by atoms with van der Waals surface area (Å²) in [6, 6.07) is 13.9. The number of aromatic nitrogens is 1. The van der Waals surface area contributed by atoms with Crippen LogP contribution < -0.4 is 10.2 Å². The van der Waals surface area contributed by atoms with E-state index >= 15 is 0 Å². The van der Waals surface area contributed by atoms with Gasteiger partial charge in [0.15, 0.2) is 8.32 Å². The molecule has 2 unspecified atom stereocenters. The lowest BCUT2D eigenvalue weighted by Crippen LogP contribution is -2.55. The number of aliphatic hydroxyl groups excluding tert-OH is 1. The minimum absolute atomic E-state index is 0.0175. The molecule has 2 aromatic carbocycles. The molecule has 0 bridgehead atoms. The van der Waals surface area contributed by atoms with Gasteiger partial charge in [0, 0.05) is 28.0 Å². The summed E-state index contributed by atoms with van der Waals surface area (Å²) in [5, 5.41) is 15.1. The van der Waals surface area contributed by atoms with Gasteiger partial charge in [-0.15, -0.1) is 0 Å². The molecule has 1 aromatic heterocycles. The zero-order valence-electron chi connectivity index (χ0n) is 21.4. The van der Waals surface area contributed by atoms with Crippen molar-refractivity contribution in [2.45, 2.75) is 57.5 Å². The first-order valence-corrected chi connectivity index (χ1v) is 15.4. The van der Waals surface area contributed by atoms with E-state index < -0.39 is 20.5 Å². The highest BCUT2D eigenvalue weighted by atomic mass is 35.5. The molecule has 2 heterocycles. The van der Waals surface area contributed by atoms with E-state index in [0.717, 1.165) is 22.2 Å². The molecule has 0 saturated heterocycles. The van der Waals surface area contributed by atoms with E-state index in [4.69, 9.17) is 16.0 Å². The van der Waals surface area contributed by atoms with Crippen LogP contribution in [0.4, 0.5) is 5.69 Å². The number of nitrogens with one attached hydrogen (secondary N) is 2. The van der Waals surface area contributed by atoms with Crippen LogP contribution in [0.5, 0.6) is 0 Å². The van der Waals surface area contributed by atoms with E-state index in [2.05, 4.69) is 44.2 Å². The first-order valence-electron chi connectivity index (χ1n) is 12.2. The van der Waals surface area contributed by atoms with Crippen molar-refractivity contribution in [1.29, 1.82) is 0 Å². The predicted octanol–water partition coefficient (Wildman–Crippen LogP) is 4.89. The quantitative estimate of drug-likeness (QED) is 0.381. The topological polar surface area (TPSA) is 94.7 Å². The first kappa shape index (κ1) is 26.4. The number of amides is 2. The Morgan fingerprint density at radius 2 is 1.97 bits per heavy atom.